The second-order valence-electron chi connectivity index (χ2n) is 8.35. The van der Waals surface area contributed by atoms with Gasteiger partial charge in [-0.3, -0.25) is 0 Å². The maximum absolute atomic E-state index is 5.97. The molecule has 2 aromatic carbocycles. The fourth-order valence-electron chi connectivity index (χ4n) is 4.42. The Morgan fingerprint density at radius 2 is 1.71 bits per heavy atom. The average molecular weight is 416 g/mol. The van der Waals surface area contributed by atoms with E-state index in [1.165, 1.54) is 32.4 Å². The third kappa shape index (κ3) is 4.69. The number of ether oxygens (including phenoxy) is 1. The van der Waals surface area contributed by atoms with E-state index in [4.69, 9.17) is 9.84 Å². The van der Waals surface area contributed by atoms with E-state index >= 15 is 0 Å². The number of benzene rings is 2. The topological polar surface area (TPSA) is 52.8 Å². The summed E-state index contributed by atoms with van der Waals surface area (Å²) in [7, 11) is 0. The fraction of sp³-hybridized carbons (Fsp3) is 0.400. The smallest absolute Gasteiger partial charge is 0.179 e. The first-order chi connectivity index (χ1) is 15.4. The molecule has 0 saturated carbocycles. The summed E-state index contributed by atoms with van der Waals surface area (Å²) in [5, 5.41) is 15.4. The minimum atomic E-state index is 0.119. The monoisotopic (exact) mass is 415 g/mol. The number of hydrogen-bond acceptors (Lipinski definition) is 6. The van der Waals surface area contributed by atoms with Crippen molar-refractivity contribution >= 4 is 17.8 Å². The molecule has 1 atom stereocenters. The Hall–Kier alpha value is -2.99. The summed E-state index contributed by atoms with van der Waals surface area (Å²) in [4.78, 5) is 2.55. The molecular formula is C25H29N5O. The molecule has 1 unspecified atom stereocenters. The van der Waals surface area contributed by atoms with Crippen molar-refractivity contribution < 1.29 is 4.74 Å². The summed E-state index contributed by atoms with van der Waals surface area (Å²) in [6, 6.07) is 18.5. The predicted molar refractivity (Wildman–Crippen MR) is 125 cm³/mol. The first-order valence-electron chi connectivity index (χ1n) is 11.4. The number of likely N-dealkylation sites (tertiary alicyclic amines) is 1. The zero-order chi connectivity index (χ0) is 20.9. The lowest BCUT2D eigenvalue weighted by molar-refractivity contribution is 0.205. The van der Waals surface area contributed by atoms with Gasteiger partial charge in [0.15, 0.2) is 5.84 Å². The molecule has 3 heterocycles. The van der Waals surface area contributed by atoms with Gasteiger partial charge >= 0.3 is 0 Å². The molecule has 0 aliphatic carbocycles. The van der Waals surface area contributed by atoms with Crippen LogP contribution in [0.25, 0.3) is 0 Å². The molecule has 3 aliphatic heterocycles. The van der Waals surface area contributed by atoms with Gasteiger partial charge in [-0.15, -0.1) is 5.10 Å². The highest BCUT2D eigenvalue weighted by atomic mass is 16.5. The molecule has 1 saturated heterocycles. The molecular weight excluding hydrogens is 386 g/mol. The van der Waals surface area contributed by atoms with Crippen LogP contribution in [-0.2, 0) is 0 Å². The van der Waals surface area contributed by atoms with Crippen molar-refractivity contribution in [1.82, 2.24) is 9.91 Å². The Balaban J connectivity index is 1.18. The van der Waals surface area contributed by atoms with Gasteiger partial charge in [0, 0.05) is 18.5 Å². The Morgan fingerprint density at radius 1 is 0.903 bits per heavy atom. The maximum atomic E-state index is 5.97. The Labute approximate surface area is 183 Å². The minimum Gasteiger partial charge on any atom is -0.494 e. The van der Waals surface area contributed by atoms with Crippen LogP contribution in [-0.4, -0.2) is 60.0 Å². The first-order valence-corrected chi connectivity index (χ1v) is 11.4. The second-order valence-corrected chi connectivity index (χ2v) is 8.35. The Morgan fingerprint density at radius 3 is 2.52 bits per heavy atom. The van der Waals surface area contributed by atoms with Gasteiger partial charge in [-0.05, 0) is 62.2 Å². The van der Waals surface area contributed by atoms with E-state index in [0.29, 0.717) is 0 Å². The van der Waals surface area contributed by atoms with Crippen molar-refractivity contribution in [1.29, 1.82) is 0 Å². The van der Waals surface area contributed by atoms with Crippen molar-refractivity contribution in [2.45, 2.75) is 38.1 Å². The quantitative estimate of drug-likeness (QED) is 0.638. The summed E-state index contributed by atoms with van der Waals surface area (Å²) < 4.78 is 5.97. The van der Waals surface area contributed by atoms with Gasteiger partial charge in [-0.1, -0.05) is 36.8 Å². The van der Waals surface area contributed by atoms with Crippen molar-refractivity contribution in [2.24, 2.45) is 15.3 Å². The molecule has 0 radical (unpaired) electrons. The molecule has 1 fully saturated rings. The molecule has 6 heteroatoms. The van der Waals surface area contributed by atoms with Gasteiger partial charge in [0.2, 0.25) is 0 Å². The predicted octanol–water partition coefficient (Wildman–Crippen LogP) is 4.17. The third-order valence-electron chi connectivity index (χ3n) is 6.11. The van der Waals surface area contributed by atoms with Crippen LogP contribution in [0.15, 0.2) is 69.9 Å². The first kappa shape index (κ1) is 19.9. The maximum Gasteiger partial charge on any atom is 0.179 e. The highest BCUT2D eigenvalue weighted by Gasteiger charge is 2.32. The molecule has 0 bridgehead atoms. The Bertz CT molecular complexity index is 961. The number of rotatable bonds is 7. The molecule has 2 aromatic rings. The van der Waals surface area contributed by atoms with Crippen molar-refractivity contribution in [3.05, 3.63) is 65.7 Å². The van der Waals surface area contributed by atoms with E-state index < -0.39 is 0 Å². The summed E-state index contributed by atoms with van der Waals surface area (Å²) in [5.41, 5.74) is 3.21. The lowest BCUT2D eigenvalue weighted by atomic mass is 10.0. The number of amidine groups is 1. The zero-order valence-electron chi connectivity index (χ0n) is 17.9. The number of piperidine rings is 1. The molecule has 0 spiro atoms. The van der Waals surface area contributed by atoms with Gasteiger partial charge in [-0.25, -0.2) is 5.01 Å². The standard InChI is InChI=1S/C25H29N5O/c1-3-8-21(9-4-1)25-27-26-19-22-18-24(28-30(22)25)20-10-12-23(13-11-20)31-17-7-16-29-14-5-2-6-15-29/h1,3-4,8-13,19,22H,2,5-7,14-18H2. The van der Waals surface area contributed by atoms with E-state index in [2.05, 4.69) is 39.4 Å². The van der Waals surface area contributed by atoms with Crippen molar-refractivity contribution in [3.63, 3.8) is 0 Å². The average Bonchev–Trinajstić information content (AvgIpc) is 3.28. The van der Waals surface area contributed by atoms with E-state index in [-0.39, 0.29) is 6.04 Å². The third-order valence-corrected chi connectivity index (χ3v) is 6.11. The van der Waals surface area contributed by atoms with Crippen LogP contribution in [0.2, 0.25) is 0 Å². The van der Waals surface area contributed by atoms with Gasteiger partial charge in [0.1, 0.15) is 5.75 Å². The number of hydrogen-bond donors (Lipinski definition) is 0. The fourth-order valence-corrected chi connectivity index (χ4v) is 4.42. The molecule has 31 heavy (non-hydrogen) atoms. The van der Waals surface area contributed by atoms with Gasteiger partial charge in [0.25, 0.3) is 0 Å². The van der Waals surface area contributed by atoms with Crippen LogP contribution in [0.4, 0.5) is 0 Å². The summed E-state index contributed by atoms with van der Waals surface area (Å²) in [5.74, 6) is 1.73. The zero-order valence-corrected chi connectivity index (χ0v) is 17.9. The van der Waals surface area contributed by atoms with E-state index in [1.807, 2.05) is 41.6 Å². The van der Waals surface area contributed by atoms with Crippen LogP contribution in [0.3, 0.4) is 0 Å². The summed E-state index contributed by atoms with van der Waals surface area (Å²) in [6.45, 7) is 4.39. The molecule has 160 valence electrons. The van der Waals surface area contributed by atoms with Crippen molar-refractivity contribution in [2.75, 3.05) is 26.2 Å². The largest absolute Gasteiger partial charge is 0.494 e. The lowest BCUT2D eigenvalue weighted by Crippen LogP contribution is -2.36. The van der Waals surface area contributed by atoms with Crippen LogP contribution in [0, 0.1) is 0 Å². The van der Waals surface area contributed by atoms with Crippen LogP contribution >= 0.6 is 0 Å². The van der Waals surface area contributed by atoms with Crippen LogP contribution < -0.4 is 4.74 Å². The van der Waals surface area contributed by atoms with Crippen LogP contribution in [0.1, 0.15) is 43.2 Å². The van der Waals surface area contributed by atoms with Gasteiger partial charge < -0.3 is 9.64 Å². The Kier molecular flexibility index (Phi) is 6.07. The molecule has 5 rings (SSSR count). The van der Waals surface area contributed by atoms with E-state index in [1.54, 1.807) is 0 Å². The molecule has 0 N–H and O–H groups in total. The van der Waals surface area contributed by atoms with E-state index in [9.17, 15) is 0 Å². The van der Waals surface area contributed by atoms with Crippen LogP contribution in [0.5, 0.6) is 5.75 Å². The van der Waals surface area contributed by atoms with Gasteiger partial charge in [0.05, 0.1) is 24.6 Å². The minimum absolute atomic E-state index is 0.119. The summed E-state index contributed by atoms with van der Waals surface area (Å²) >= 11 is 0. The second kappa shape index (κ2) is 9.43. The number of hydrazone groups is 1. The number of nitrogens with zero attached hydrogens (tertiary/aromatic N) is 5. The molecule has 6 nitrogen and oxygen atoms in total. The molecule has 0 aromatic heterocycles. The SMILES string of the molecule is C1=NN=C(c2ccccc2)N2N=C(c3ccc(OCCCN4CCCCC4)cc3)CC12. The molecule has 3 aliphatic rings. The summed E-state index contributed by atoms with van der Waals surface area (Å²) in [6.07, 6.45) is 7.85. The van der Waals surface area contributed by atoms with Gasteiger partial charge in [-0.2, -0.15) is 10.2 Å². The lowest BCUT2D eigenvalue weighted by Gasteiger charge is -2.26. The highest BCUT2D eigenvalue weighted by molar-refractivity contribution is 6.09. The number of fused-ring (bicyclic) bond motifs is 1. The highest BCUT2D eigenvalue weighted by Crippen LogP contribution is 2.25. The van der Waals surface area contributed by atoms with Crippen molar-refractivity contribution in [3.8, 4) is 5.75 Å². The van der Waals surface area contributed by atoms with E-state index in [0.717, 1.165) is 54.4 Å². The molecule has 0 amide bonds. The normalized spacial score (nSPS) is 20.9.